The van der Waals surface area contributed by atoms with Gasteiger partial charge in [-0.3, -0.25) is 0 Å². The van der Waals surface area contributed by atoms with Crippen molar-refractivity contribution in [3.8, 4) is 5.69 Å². The maximum absolute atomic E-state index is 6.00. The van der Waals surface area contributed by atoms with E-state index in [9.17, 15) is 0 Å². The molecule has 80 valence electrons. The van der Waals surface area contributed by atoms with Crippen LogP contribution in [0, 0.1) is 0 Å². The zero-order valence-corrected chi connectivity index (χ0v) is 9.85. The van der Waals surface area contributed by atoms with Gasteiger partial charge in [0.15, 0.2) is 0 Å². The third-order valence-corrected chi connectivity index (χ3v) is 2.35. The third kappa shape index (κ3) is 2.37. The number of hydrogen-bond donors (Lipinski definition) is 1. The van der Waals surface area contributed by atoms with Crippen LogP contribution in [-0.4, -0.2) is 9.78 Å². The highest BCUT2D eigenvalue weighted by Crippen LogP contribution is 2.30. The Balaban J connectivity index is 0.00000112. The average molecular weight is 265 g/mol. The van der Waals surface area contributed by atoms with Crippen molar-refractivity contribution in [2.45, 2.75) is 0 Å². The van der Waals surface area contributed by atoms with E-state index in [2.05, 4.69) is 5.10 Å². The lowest BCUT2D eigenvalue weighted by atomic mass is 10.3. The van der Waals surface area contributed by atoms with Crippen molar-refractivity contribution < 1.29 is 0 Å². The van der Waals surface area contributed by atoms with Gasteiger partial charge in [0.05, 0.1) is 10.0 Å². The highest BCUT2D eigenvalue weighted by molar-refractivity contribution is 6.38. The molecule has 0 saturated heterocycles. The van der Waals surface area contributed by atoms with Gasteiger partial charge in [0.2, 0.25) is 0 Å². The van der Waals surface area contributed by atoms with Crippen molar-refractivity contribution in [3.05, 3.63) is 40.6 Å². The van der Waals surface area contributed by atoms with Gasteiger partial charge >= 0.3 is 0 Å². The van der Waals surface area contributed by atoms with Crippen LogP contribution in [-0.2, 0) is 0 Å². The van der Waals surface area contributed by atoms with E-state index in [0.717, 1.165) is 0 Å². The first-order chi connectivity index (χ1) is 6.68. The van der Waals surface area contributed by atoms with E-state index < -0.39 is 0 Å². The van der Waals surface area contributed by atoms with Gasteiger partial charge in [-0.2, -0.15) is 5.10 Å². The third-order valence-electron chi connectivity index (χ3n) is 1.77. The number of nitrogens with two attached hydrogens (primary N) is 1. The number of rotatable bonds is 1. The number of aromatic nitrogens is 2. The number of halogens is 3. The minimum atomic E-state index is 0. The molecule has 2 rings (SSSR count). The van der Waals surface area contributed by atoms with Crippen LogP contribution in [0.4, 0.5) is 5.69 Å². The van der Waals surface area contributed by atoms with E-state index in [1.807, 2.05) is 0 Å². The van der Waals surface area contributed by atoms with Crippen molar-refractivity contribution in [1.29, 1.82) is 0 Å². The van der Waals surface area contributed by atoms with E-state index in [1.54, 1.807) is 35.3 Å². The first-order valence-electron chi connectivity index (χ1n) is 3.93. The molecule has 0 spiro atoms. The summed E-state index contributed by atoms with van der Waals surface area (Å²) in [6.45, 7) is 0. The van der Waals surface area contributed by atoms with Crippen LogP contribution in [0.3, 0.4) is 0 Å². The van der Waals surface area contributed by atoms with Gasteiger partial charge in [-0.25, -0.2) is 4.68 Å². The molecule has 0 unspecified atom stereocenters. The highest BCUT2D eigenvalue weighted by Gasteiger charge is 2.08. The normalized spacial score (nSPS) is 9.73. The van der Waals surface area contributed by atoms with Gasteiger partial charge in [-0.1, -0.05) is 23.2 Å². The lowest BCUT2D eigenvalue weighted by Gasteiger charge is -2.07. The first kappa shape index (κ1) is 12.2. The Morgan fingerprint density at radius 1 is 1.20 bits per heavy atom. The van der Waals surface area contributed by atoms with E-state index in [1.165, 1.54) is 0 Å². The summed E-state index contributed by atoms with van der Waals surface area (Å²) in [4.78, 5) is 0. The molecule has 6 heteroatoms. The lowest BCUT2D eigenvalue weighted by Crippen LogP contribution is -1.97. The van der Waals surface area contributed by atoms with Gasteiger partial charge in [-0.15, -0.1) is 12.4 Å². The molecule has 1 aromatic heterocycles. The van der Waals surface area contributed by atoms with Crippen LogP contribution in [0.15, 0.2) is 30.6 Å². The summed E-state index contributed by atoms with van der Waals surface area (Å²) in [5.41, 5.74) is 6.77. The summed E-state index contributed by atoms with van der Waals surface area (Å²) in [5.74, 6) is 0. The Bertz CT molecular complexity index is 431. The highest BCUT2D eigenvalue weighted by atomic mass is 35.5. The number of nitrogens with zero attached hydrogens (tertiary/aromatic N) is 2. The predicted molar refractivity (Wildman–Crippen MR) is 65.2 cm³/mol. The fourth-order valence-corrected chi connectivity index (χ4v) is 1.88. The zero-order valence-electron chi connectivity index (χ0n) is 7.52. The van der Waals surface area contributed by atoms with Crippen LogP contribution < -0.4 is 5.73 Å². The van der Waals surface area contributed by atoms with Crippen molar-refractivity contribution in [2.24, 2.45) is 0 Å². The van der Waals surface area contributed by atoms with E-state index in [-0.39, 0.29) is 12.4 Å². The fraction of sp³-hybridized carbons (Fsp3) is 0. The quantitative estimate of drug-likeness (QED) is 0.804. The number of anilines is 1. The Hall–Kier alpha value is -0.900. The molecule has 0 aliphatic rings. The topological polar surface area (TPSA) is 43.8 Å². The van der Waals surface area contributed by atoms with Crippen molar-refractivity contribution in [2.75, 3.05) is 5.73 Å². The zero-order chi connectivity index (χ0) is 10.1. The molecule has 2 N–H and O–H groups in total. The molecular weight excluding hydrogens is 256 g/mol. The molecule has 0 saturated carbocycles. The molecule has 1 heterocycles. The molecule has 0 aliphatic heterocycles. The van der Waals surface area contributed by atoms with Gasteiger partial charge in [0.25, 0.3) is 0 Å². The monoisotopic (exact) mass is 263 g/mol. The number of nitrogen functional groups attached to an aromatic ring is 1. The van der Waals surface area contributed by atoms with Crippen molar-refractivity contribution in [1.82, 2.24) is 9.78 Å². The van der Waals surface area contributed by atoms with Crippen LogP contribution in [0.2, 0.25) is 10.0 Å². The van der Waals surface area contributed by atoms with E-state index in [4.69, 9.17) is 28.9 Å². The summed E-state index contributed by atoms with van der Waals surface area (Å²) in [7, 11) is 0. The molecule has 0 fully saturated rings. The second-order valence-electron chi connectivity index (χ2n) is 2.78. The van der Waals surface area contributed by atoms with Gasteiger partial charge in [-0.05, 0) is 18.2 Å². The minimum absolute atomic E-state index is 0. The molecule has 3 nitrogen and oxygen atoms in total. The fourth-order valence-electron chi connectivity index (χ4n) is 1.21. The summed E-state index contributed by atoms with van der Waals surface area (Å²) < 4.78 is 1.60. The van der Waals surface area contributed by atoms with E-state index >= 15 is 0 Å². The molecule has 0 amide bonds. The van der Waals surface area contributed by atoms with Crippen LogP contribution in [0.5, 0.6) is 0 Å². The maximum atomic E-state index is 6.00. The van der Waals surface area contributed by atoms with Gasteiger partial charge in [0.1, 0.15) is 5.69 Å². The molecule has 0 atom stereocenters. The molecule has 0 radical (unpaired) electrons. The Morgan fingerprint density at radius 2 is 1.80 bits per heavy atom. The second kappa shape index (κ2) is 4.75. The molecular formula is C9H8Cl3N3. The molecule has 0 aliphatic carbocycles. The average Bonchev–Trinajstić information content (AvgIpc) is 2.54. The summed E-state index contributed by atoms with van der Waals surface area (Å²) in [5, 5.41) is 5.01. The molecule has 15 heavy (non-hydrogen) atoms. The molecule has 1 aromatic carbocycles. The SMILES string of the molecule is Cl.Nc1cc(Cl)c(-n2cccn2)c(Cl)c1. The minimum Gasteiger partial charge on any atom is -0.399 e. The van der Waals surface area contributed by atoms with E-state index in [0.29, 0.717) is 21.4 Å². The predicted octanol–water partition coefficient (Wildman–Crippen LogP) is 3.18. The second-order valence-corrected chi connectivity index (χ2v) is 3.60. The standard InChI is InChI=1S/C9H7Cl2N3.ClH/c10-7-4-6(12)5-8(11)9(7)14-3-1-2-13-14;/h1-5H,12H2;1H. The lowest BCUT2D eigenvalue weighted by molar-refractivity contribution is 0.881. The van der Waals surface area contributed by atoms with Crippen molar-refractivity contribution in [3.63, 3.8) is 0 Å². The summed E-state index contributed by atoms with van der Waals surface area (Å²) in [6.07, 6.45) is 3.42. The number of benzene rings is 1. The van der Waals surface area contributed by atoms with Gasteiger partial charge < -0.3 is 5.73 Å². The first-order valence-corrected chi connectivity index (χ1v) is 4.68. The summed E-state index contributed by atoms with van der Waals surface area (Å²) in [6, 6.07) is 5.08. The Morgan fingerprint density at radius 3 is 2.27 bits per heavy atom. The Labute approximate surface area is 103 Å². The maximum Gasteiger partial charge on any atom is 0.102 e. The van der Waals surface area contributed by atoms with Crippen LogP contribution in [0.1, 0.15) is 0 Å². The molecule has 0 bridgehead atoms. The summed E-state index contributed by atoms with van der Waals surface area (Å²) >= 11 is 12.0. The van der Waals surface area contributed by atoms with Crippen LogP contribution in [0.25, 0.3) is 5.69 Å². The smallest absolute Gasteiger partial charge is 0.102 e. The molecule has 2 aromatic rings. The van der Waals surface area contributed by atoms with Crippen LogP contribution >= 0.6 is 35.6 Å². The largest absolute Gasteiger partial charge is 0.399 e. The number of hydrogen-bond acceptors (Lipinski definition) is 2. The van der Waals surface area contributed by atoms with Crippen molar-refractivity contribution >= 4 is 41.3 Å². The van der Waals surface area contributed by atoms with Gasteiger partial charge in [0, 0.05) is 18.1 Å². The Kier molecular flexibility index (Phi) is 3.85.